The van der Waals surface area contributed by atoms with Gasteiger partial charge in [0.05, 0.1) is 0 Å². The first-order valence-electron chi connectivity index (χ1n) is 2.08. The van der Waals surface area contributed by atoms with E-state index in [1.165, 1.54) is 16.9 Å². The summed E-state index contributed by atoms with van der Waals surface area (Å²) in [6, 6.07) is 0. The van der Waals surface area contributed by atoms with Crippen LogP contribution in [0.25, 0.3) is 0 Å². The maximum atomic E-state index is 12.0. The van der Waals surface area contributed by atoms with Gasteiger partial charge in [0.25, 0.3) is 0 Å². The Bertz CT molecular complexity index is 89.4. The molecule has 0 radical (unpaired) electrons. The fourth-order valence-electron chi connectivity index (χ4n) is 0.223. The van der Waals surface area contributed by atoms with Crippen LogP contribution in [0.5, 0.6) is 0 Å². The molecule has 0 aromatic rings. The summed E-state index contributed by atoms with van der Waals surface area (Å²) in [6.45, 7) is 0. The fraction of sp³-hybridized carbons (Fsp3) is 1.00. The van der Waals surface area contributed by atoms with Crippen LogP contribution in [0.3, 0.4) is 0 Å². The molecule has 0 saturated carbocycles. The molecule has 50 valence electrons. The molecule has 5 heteroatoms. The summed E-state index contributed by atoms with van der Waals surface area (Å²) in [5.74, 6) is -0.238. The summed E-state index contributed by atoms with van der Waals surface area (Å²) < 4.78 is 30.0. The van der Waals surface area contributed by atoms with Gasteiger partial charge in [-0.25, -0.2) is 0 Å². The van der Waals surface area contributed by atoms with Crippen molar-refractivity contribution >= 4 is 27.9 Å². The SMILES string of the molecule is O=S(O)C[C@H](F)C[AsH2]. The molecule has 1 N–H and O–H groups in total. The third kappa shape index (κ3) is 4.75. The minimum absolute atomic E-state index is 0.238. The van der Waals surface area contributed by atoms with E-state index in [1.807, 2.05) is 0 Å². The van der Waals surface area contributed by atoms with Crippen LogP contribution in [-0.2, 0) is 11.1 Å². The molecule has 0 aliphatic rings. The van der Waals surface area contributed by atoms with E-state index in [2.05, 4.69) is 0 Å². The second-order valence-corrected chi connectivity index (χ2v) is 3.29. The van der Waals surface area contributed by atoms with Crippen molar-refractivity contribution in [3.05, 3.63) is 0 Å². The second kappa shape index (κ2) is 4.47. The molecule has 0 aliphatic carbocycles. The predicted octanol–water partition coefficient (Wildman–Crippen LogP) is -0.402. The average molecular weight is 202 g/mol. The molecule has 0 fully saturated rings. The normalized spacial score (nSPS) is 17.9. The monoisotopic (exact) mass is 202 g/mol. The Morgan fingerprint density at radius 3 is 2.50 bits per heavy atom. The zero-order chi connectivity index (χ0) is 6.57. The summed E-state index contributed by atoms with van der Waals surface area (Å²) in [4.78, 5) is 0. The number of rotatable bonds is 3. The van der Waals surface area contributed by atoms with Crippen LogP contribution in [0.1, 0.15) is 0 Å². The van der Waals surface area contributed by atoms with E-state index in [-0.39, 0.29) is 5.75 Å². The third-order valence-corrected chi connectivity index (χ3v) is 2.30. The molecule has 0 amide bonds. The molecule has 0 rings (SSSR count). The molecule has 8 heavy (non-hydrogen) atoms. The van der Waals surface area contributed by atoms with Gasteiger partial charge in [0, 0.05) is 0 Å². The van der Waals surface area contributed by atoms with Gasteiger partial charge in [-0.1, -0.05) is 0 Å². The van der Waals surface area contributed by atoms with Crippen LogP contribution in [0.4, 0.5) is 4.39 Å². The van der Waals surface area contributed by atoms with Crippen LogP contribution in [0, 0.1) is 0 Å². The van der Waals surface area contributed by atoms with E-state index in [4.69, 9.17) is 4.55 Å². The first kappa shape index (κ1) is 8.60. The topological polar surface area (TPSA) is 37.3 Å². The van der Waals surface area contributed by atoms with Crippen molar-refractivity contribution in [2.45, 2.75) is 11.4 Å². The molecule has 0 spiro atoms. The van der Waals surface area contributed by atoms with Crippen molar-refractivity contribution in [3.63, 3.8) is 0 Å². The first-order chi connectivity index (χ1) is 3.66. The van der Waals surface area contributed by atoms with Gasteiger partial charge in [-0.3, -0.25) is 0 Å². The minimum atomic E-state index is -1.96. The van der Waals surface area contributed by atoms with Crippen molar-refractivity contribution in [3.8, 4) is 0 Å². The molecule has 0 heterocycles. The van der Waals surface area contributed by atoms with E-state index in [1.54, 1.807) is 0 Å². The maximum absolute atomic E-state index is 12.0. The summed E-state index contributed by atoms with van der Waals surface area (Å²) >= 11 is -0.720. The molecule has 0 saturated heterocycles. The van der Waals surface area contributed by atoms with Crippen LogP contribution in [0.15, 0.2) is 0 Å². The first-order valence-corrected chi connectivity index (χ1v) is 5.07. The Morgan fingerprint density at radius 1 is 1.88 bits per heavy atom. The zero-order valence-electron chi connectivity index (χ0n) is 4.21. The van der Waals surface area contributed by atoms with Crippen LogP contribution in [0.2, 0.25) is 5.21 Å². The molecule has 0 aliphatic heterocycles. The van der Waals surface area contributed by atoms with Crippen molar-refractivity contribution < 1.29 is 13.2 Å². The number of hydrogen-bond donors (Lipinski definition) is 1. The molecular formula is C3H8AsFO2S. The van der Waals surface area contributed by atoms with Gasteiger partial charge >= 0.3 is 58.2 Å². The van der Waals surface area contributed by atoms with Gasteiger partial charge < -0.3 is 0 Å². The van der Waals surface area contributed by atoms with Gasteiger partial charge in [-0.2, -0.15) is 0 Å². The van der Waals surface area contributed by atoms with Gasteiger partial charge in [0.1, 0.15) is 0 Å². The number of hydrogen-bond acceptors (Lipinski definition) is 1. The molecular weight excluding hydrogens is 194 g/mol. The van der Waals surface area contributed by atoms with Gasteiger partial charge in [0.15, 0.2) is 0 Å². The van der Waals surface area contributed by atoms with Crippen molar-refractivity contribution in [2.75, 3.05) is 5.75 Å². The zero-order valence-corrected chi connectivity index (χ0v) is 7.45. The van der Waals surface area contributed by atoms with Crippen molar-refractivity contribution in [2.24, 2.45) is 0 Å². The number of alkyl halides is 1. The fourth-order valence-corrected chi connectivity index (χ4v) is 1.52. The summed E-state index contributed by atoms with van der Waals surface area (Å²) in [5.41, 5.74) is 0. The average Bonchev–Trinajstić information content (AvgIpc) is 1.65. The Morgan fingerprint density at radius 2 is 2.38 bits per heavy atom. The van der Waals surface area contributed by atoms with Crippen LogP contribution >= 0.6 is 0 Å². The molecule has 0 aromatic heterocycles. The quantitative estimate of drug-likeness (QED) is 0.499. The second-order valence-electron chi connectivity index (χ2n) is 1.32. The van der Waals surface area contributed by atoms with Gasteiger partial charge in [-0.15, -0.1) is 0 Å². The van der Waals surface area contributed by atoms with E-state index in [9.17, 15) is 8.60 Å². The van der Waals surface area contributed by atoms with E-state index in [0.717, 1.165) is 0 Å². The standard InChI is InChI=1S/C3H8AsFO2S/c4-1-3(5)2-8(6)7/h3H,1-2,4H2,(H,6,7)/t3-/m1/s1. The Balaban J connectivity index is 3.24. The van der Waals surface area contributed by atoms with Crippen LogP contribution < -0.4 is 0 Å². The van der Waals surface area contributed by atoms with Crippen molar-refractivity contribution in [1.82, 2.24) is 0 Å². The Hall–Kier alpha value is 0.598. The third-order valence-electron chi connectivity index (χ3n) is 0.579. The molecule has 0 aromatic carbocycles. The predicted molar refractivity (Wildman–Crippen MR) is 33.9 cm³/mol. The van der Waals surface area contributed by atoms with E-state index in [0.29, 0.717) is 5.21 Å². The Kier molecular flexibility index (Phi) is 4.81. The summed E-state index contributed by atoms with van der Waals surface area (Å²) in [7, 11) is 0. The number of halogens is 1. The molecule has 3 atom stereocenters. The van der Waals surface area contributed by atoms with Crippen molar-refractivity contribution in [1.29, 1.82) is 0 Å². The summed E-state index contributed by atoms with van der Waals surface area (Å²) in [6.07, 6.45) is -1.10. The van der Waals surface area contributed by atoms with Gasteiger partial charge in [-0.05, 0) is 0 Å². The summed E-state index contributed by atoms with van der Waals surface area (Å²) in [5, 5.41) is 0.374. The van der Waals surface area contributed by atoms with Crippen LogP contribution in [-0.4, -0.2) is 37.5 Å². The van der Waals surface area contributed by atoms with Gasteiger partial charge in [0.2, 0.25) is 0 Å². The Labute approximate surface area is 58.6 Å². The van der Waals surface area contributed by atoms with E-state index >= 15 is 0 Å². The molecule has 0 bridgehead atoms. The van der Waals surface area contributed by atoms with E-state index < -0.39 is 17.3 Å². The molecule has 2 unspecified atom stereocenters. The molecule has 2 nitrogen and oxygen atoms in total.